The van der Waals surface area contributed by atoms with Crippen molar-refractivity contribution < 1.29 is 17.6 Å². The number of para-hydroxylation sites is 1. The zero-order valence-electron chi connectivity index (χ0n) is 16.4. The van der Waals surface area contributed by atoms with Gasteiger partial charge in [0.25, 0.3) is 10.0 Å². The molecule has 0 fully saturated rings. The SMILES string of the molecule is O=C(/C=C/c1coc2ccccc2c1=O)Nc1ccc(S(=O)(=O)Nc2ncccn2)cc1. The normalized spacial score (nSPS) is 11.5. The molecule has 0 radical (unpaired) electrons. The first-order chi connectivity index (χ1) is 15.4. The number of aromatic nitrogens is 2. The molecule has 9 nitrogen and oxygen atoms in total. The summed E-state index contributed by atoms with van der Waals surface area (Å²) < 4.78 is 32.5. The first kappa shape index (κ1) is 20.9. The largest absolute Gasteiger partial charge is 0.463 e. The molecule has 0 atom stereocenters. The molecule has 160 valence electrons. The molecule has 4 aromatic rings. The van der Waals surface area contributed by atoms with E-state index < -0.39 is 15.9 Å². The van der Waals surface area contributed by atoms with Gasteiger partial charge in [-0.1, -0.05) is 12.1 Å². The van der Waals surface area contributed by atoms with Crippen LogP contribution in [0.5, 0.6) is 0 Å². The van der Waals surface area contributed by atoms with Gasteiger partial charge < -0.3 is 9.73 Å². The van der Waals surface area contributed by atoms with Gasteiger partial charge in [-0.2, -0.15) is 0 Å². The second-order valence-corrected chi connectivity index (χ2v) is 8.22. The number of rotatable bonds is 6. The molecule has 32 heavy (non-hydrogen) atoms. The van der Waals surface area contributed by atoms with Gasteiger partial charge in [-0.15, -0.1) is 0 Å². The predicted octanol–water partition coefficient (Wildman–Crippen LogP) is 3.04. The van der Waals surface area contributed by atoms with Gasteiger partial charge in [-0.3, -0.25) is 9.59 Å². The van der Waals surface area contributed by atoms with E-state index in [0.717, 1.165) is 0 Å². The summed E-state index contributed by atoms with van der Waals surface area (Å²) in [7, 11) is -3.87. The van der Waals surface area contributed by atoms with Gasteiger partial charge in [0.15, 0.2) is 5.43 Å². The van der Waals surface area contributed by atoms with Crippen molar-refractivity contribution in [2.24, 2.45) is 0 Å². The standard InChI is InChI=1S/C22H16N4O5S/c27-20(11-6-15-14-31-19-5-2-1-4-18(19)21(15)28)25-16-7-9-17(10-8-16)32(29,30)26-22-23-12-3-13-24-22/h1-14H,(H,25,27)(H,23,24,26)/b11-6+. The van der Waals surface area contributed by atoms with Crippen molar-refractivity contribution >= 4 is 44.6 Å². The third-order valence-electron chi connectivity index (χ3n) is 4.34. The smallest absolute Gasteiger partial charge is 0.264 e. The Morgan fingerprint density at radius 3 is 2.44 bits per heavy atom. The van der Waals surface area contributed by atoms with E-state index in [0.29, 0.717) is 16.7 Å². The molecule has 10 heteroatoms. The minimum atomic E-state index is -3.87. The monoisotopic (exact) mass is 448 g/mol. The Bertz CT molecular complexity index is 1460. The van der Waals surface area contributed by atoms with Crippen LogP contribution in [-0.2, 0) is 14.8 Å². The summed E-state index contributed by atoms with van der Waals surface area (Å²) in [6.07, 6.45) is 6.67. The van der Waals surface area contributed by atoms with Gasteiger partial charge in [0.1, 0.15) is 11.8 Å². The van der Waals surface area contributed by atoms with Crippen LogP contribution in [0.25, 0.3) is 17.0 Å². The highest BCUT2D eigenvalue weighted by Crippen LogP contribution is 2.17. The minimum absolute atomic E-state index is 0.0210. The average Bonchev–Trinajstić information content (AvgIpc) is 2.79. The summed E-state index contributed by atoms with van der Waals surface area (Å²) in [4.78, 5) is 32.3. The number of benzene rings is 2. The van der Waals surface area contributed by atoms with E-state index in [4.69, 9.17) is 4.42 Å². The van der Waals surface area contributed by atoms with Gasteiger partial charge in [0.2, 0.25) is 11.9 Å². The fourth-order valence-corrected chi connectivity index (χ4v) is 3.76. The lowest BCUT2D eigenvalue weighted by molar-refractivity contribution is -0.111. The predicted molar refractivity (Wildman–Crippen MR) is 119 cm³/mol. The van der Waals surface area contributed by atoms with Crippen molar-refractivity contribution in [2.75, 3.05) is 10.0 Å². The molecule has 2 aromatic carbocycles. The van der Waals surface area contributed by atoms with Crippen molar-refractivity contribution in [3.8, 4) is 0 Å². The average molecular weight is 448 g/mol. The van der Waals surface area contributed by atoms with Gasteiger partial charge in [0, 0.05) is 24.2 Å². The minimum Gasteiger partial charge on any atom is -0.463 e. The molecule has 0 saturated carbocycles. The maximum absolute atomic E-state index is 12.4. The number of sulfonamides is 1. The van der Waals surface area contributed by atoms with Crippen LogP contribution in [0.4, 0.5) is 11.6 Å². The molecule has 0 aliphatic carbocycles. The fourth-order valence-electron chi connectivity index (χ4n) is 2.81. The van der Waals surface area contributed by atoms with Crippen molar-refractivity contribution in [2.45, 2.75) is 4.90 Å². The highest BCUT2D eigenvalue weighted by atomic mass is 32.2. The fraction of sp³-hybridized carbons (Fsp3) is 0. The van der Waals surface area contributed by atoms with E-state index in [1.165, 1.54) is 55.1 Å². The third kappa shape index (κ3) is 4.71. The van der Waals surface area contributed by atoms with Gasteiger partial charge >= 0.3 is 0 Å². The summed E-state index contributed by atoms with van der Waals surface area (Å²) in [5.74, 6) is -0.544. The van der Waals surface area contributed by atoms with E-state index in [1.807, 2.05) is 0 Å². The van der Waals surface area contributed by atoms with Crippen LogP contribution in [0.15, 0.2) is 93.4 Å². The Morgan fingerprint density at radius 2 is 1.69 bits per heavy atom. The lowest BCUT2D eigenvalue weighted by Crippen LogP contribution is -2.15. The molecule has 0 aliphatic rings. The Hall–Kier alpha value is -4.31. The zero-order valence-corrected chi connectivity index (χ0v) is 17.2. The first-order valence-electron chi connectivity index (χ1n) is 9.32. The maximum atomic E-state index is 12.4. The topological polar surface area (TPSA) is 131 Å². The van der Waals surface area contributed by atoms with Crippen LogP contribution >= 0.6 is 0 Å². The molecule has 0 unspecified atom stereocenters. The second-order valence-electron chi connectivity index (χ2n) is 6.54. The molecule has 2 N–H and O–H groups in total. The lowest BCUT2D eigenvalue weighted by atomic mass is 10.1. The summed E-state index contributed by atoms with van der Waals surface area (Å²) in [5, 5.41) is 3.02. The van der Waals surface area contributed by atoms with E-state index in [9.17, 15) is 18.0 Å². The van der Waals surface area contributed by atoms with Crippen LogP contribution in [0.2, 0.25) is 0 Å². The molecule has 0 aliphatic heterocycles. The van der Waals surface area contributed by atoms with Gasteiger partial charge in [-0.25, -0.2) is 23.1 Å². The molecule has 1 amide bonds. The van der Waals surface area contributed by atoms with Gasteiger partial charge in [0.05, 0.1) is 15.8 Å². The molecule has 0 bridgehead atoms. The summed E-state index contributed by atoms with van der Waals surface area (Å²) in [6, 6.07) is 13.9. The Kier molecular flexibility index (Phi) is 5.77. The third-order valence-corrected chi connectivity index (χ3v) is 5.69. The summed E-state index contributed by atoms with van der Waals surface area (Å²) in [5.41, 5.74) is 0.817. The lowest BCUT2D eigenvalue weighted by Gasteiger charge is -2.07. The van der Waals surface area contributed by atoms with Gasteiger partial charge in [-0.05, 0) is 48.5 Å². The maximum Gasteiger partial charge on any atom is 0.264 e. The number of nitrogens with zero attached hydrogens (tertiary/aromatic N) is 2. The number of fused-ring (bicyclic) bond motifs is 1. The Balaban J connectivity index is 1.44. The number of amides is 1. The second kappa shape index (κ2) is 8.82. The van der Waals surface area contributed by atoms with E-state index >= 15 is 0 Å². The number of nitrogens with one attached hydrogen (secondary N) is 2. The Labute approximate surface area is 182 Å². The molecular formula is C22H16N4O5S. The number of carbonyl (C=O) groups is 1. The highest BCUT2D eigenvalue weighted by molar-refractivity contribution is 7.92. The van der Waals surface area contributed by atoms with E-state index in [-0.39, 0.29) is 21.8 Å². The van der Waals surface area contributed by atoms with E-state index in [1.54, 1.807) is 30.3 Å². The molecule has 0 saturated heterocycles. The first-order valence-corrected chi connectivity index (χ1v) is 10.8. The van der Waals surface area contributed by atoms with Crippen LogP contribution < -0.4 is 15.5 Å². The number of anilines is 2. The van der Waals surface area contributed by atoms with Crippen molar-refractivity contribution in [1.29, 1.82) is 0 Å². The van der Waals surface area contributed by atoms with Crippen LogP contribution in [0.1, 0.15) is 5.56 Å². The molecule has 4 rings (SSSR count). The highest BCUT2D eigenvalue weighted by Gasteiger charge is 2.15. The molecular weight excluding hydrogens is 432 g/mol. The van der Waals surface area contributed by atoms with Crippen molar-refractivity contribution in [3.05, 3.63) is 95.1 Å². The quantitative estimate of drug-likeness (QED) is 0.433. The van der Waals surface area contributed by atoms with Crippen molar-refractivity contribution in [1.82, 2.24) is 9.97 Å². The van der Waals surface area contributed by atoms with Crippen LogP contribution in [-0.4, -0.2) is 24.3 Å². The summed E-state index contributed by atoms with van der Waals surface area (Å²) >= 11 is 0. The summed E-state index contributed by atoms with van der Waals surface area (Å²) in [6.45, 7) is 0. The Morgan fingerprint density at radius 1 is 0.969 bits per heavy atom. The molecule has 2 aromatic heterocycles. The zero-order chi connectivity index (χ0) is 22.6. The molecule has 0 spiro atoms. The number of carbonyl (C=O) groups excluding carboxylic acids is 1. The van der Waals surface area contributed by atoms with Crippen LogP contribution in [0, 0.1) is 0 Å². The van der Waals surface area contributed by atoms with E-state index in [2.05, 4.69) is 20.0 Å². The number of hydrogen-bond donors (Lipinski definition) is 2. The molecule has 2 heterocycles. The number of hydrogen-bond acceptors (Lipinski definition) is 7. The van der Waals surface area contributed by atoms with Crippen LogP contribution in [0.3, 0.4) is 0 Å². The van der Waals surface area contributed by atoms with Crippen molar-refractivity contribution in [3.63, 3.8) is 0 Å².